The van der Waals surface area contributed by atoms with Gasteiger partial charge in [0.2, 0.25) is 5.76 Å². The number of furan rings is 1. The molecule has 33 heavy (non-hydrogen) atoms. The Bertz CT molecular complexity index is 1530. The quantitative estimate of drug-likeness (QED) is 0.264. The SMILES string of the molecule is COc1ccc(-c2coc3cc(OC(=O)c4cc5ccccc5o4)ccc3c2=O)cc1OC. The van der Waals surface area contributed by atoms with Gasteiger partial charge in [0.05, 0.1) is 25.2 Å². The molecule has 5 rings (SSSR count). The highest BCUT2D eigenvalue weighted by Crippen LogP contribution is 2.32. The molecule has 0 aliphatic carbocycles. The highest BCUT2D eigenvalue weighted by Gasteiger charge is 2.17. The first-order valence-corrected chi connectivity index (χ1v) is 10.1. The van der Waals surface area contributed by atoms with E-state index in [9.17, 15) is 9.59 Å². The Labute approximate surface area is 187 Å². The maximum Gasteiger partial charge on any atom is 0.379 e. The molecule has 0 N–H and O–H groups in total. The second-order valence-corrected chi connectivity index (χ2v) is 7.24. The number of hydrogen-bond acceptors (Lipinski definition) is 7. The monoisotopic (exact) mass is 442 g/mol. The summed E-state index contributed by atoms with van der Waals surface area (Å²) in [5.41, 5.74) is 1.66. The number of rotatable bonds is 5. The summed E-state index contributed by atoms with van der Waals surface area (Å²) in [4.78, 5) is 25.6. The standard InChI is InChI=1S/C26H18O7/c1-29-21-10-7-15(11-23(21)30-2)19-14-31-22-13-17(8-9-18(22)25(19)27)32-26(28)24-12-16-5-3-4-6-20(16)33-24/h3-14H,1-2H3. The van der Waals surface area contributed by atoms with E-state index in [2.05, 4.69) is 0 Å². The van der Waals surface area contributed by atoms with Crippen molar-refractivity contribution in [1.29, 1.82) is 0 Å². The van der Waals surface area contributed by atoms with Gasteiger partial charge in [0.15, 0.2) is 16.9 Å². The molecular formula is C26H18O7. The fourth-order valence-electron chi connectivity index (χ4n) is 3.61. The number of esters is 1. The average molecular weight is 442 g/mol. The average Bonchev–Trinajstić information content (AvgIpc) is 3.28. The summed E-state index contributed by atoms with van der Waals surface area (Å²) < 4.78 is 27.2. The van der Waals surface area contributed by atoms with E-state index in [0.29, 0.717) is 39.2 Å². The molecule has 5 aromatic rings. The second kappa shape index (κ2) is 8.20. The minimum atomic E-state index is -0.644. The van der Waals surface area contributed by atoms with Crippen molar-refractivity contribution in [2.75, 3.05) is 14.2 Å². The lowest BCUT2D eigenvalue weighted by Crippen LogP contribution is -2.08. The number of para-hydroxylation sites is 1. The highest BCUT2D eigenvalue weighted by molar-refractivity contribution is 5.94. The van der Waals surface area contributed by atoms with E-state index < -0.39 is 5.97 Å². The van der Waals surface area contributed by atoms with Crippen LogP contribution in [0.2, 0.25) is 0 Å². The number of ether oxygens (including phenoxy) is 3. The molecule has 2 heterocycles. The number of methoxy groups -OCH3 is 2. The van der Waals surface area contributed by atoms with E-state index in [1.165, 1.54) is 25.5 Å². The van der Waals surface area contributed by atoms with Gasteiger partial charge in [-0.1, -0.05) is 24.3 Å². The fraction of sp³-hybridized carbons (Fsp3) is 0.0769. The molecule has 0 fully saturated rings. The van der Waals surface area contributed by atoms with Gasteiger partial charge in [0.25, 0.3) is 0 Å². The van der Waals surface area contributed by atoms with E-state index in [-0.39, 0.29) is 16.9 Å². The number of fused-ring (bicyclic) bond motifs is 2. The third-order valence-electron chi connectivity index (χ3n) is 5.28. The first-order chi connectivity index (χ1) is 16.1. The van der Waals surface area contributed by atoms with Crippen molar-refractivity contribution in [3.05, 3.63) is 89.0 Å². The molecule has 0 unspecified atom stereocenters. The summed E-state index contributed by atoms with van der Waals surface area (Å²) in [7, 11) is 3.07. The van der Waals surface area contributed by atoms with Crippen LogP contribution in [0.4, 0.5) is 0 Å². The summed E-state index contributed by atoms with van der Waals surface area (Å²) >= 11 is 0. The lowest BCUT2D eigenvalue weighted by atomic mass is 10.0. The molecule has 7 nitrogen and oxygen atoms in total. The Hall–Kier alpha value is -4.52. The van der Waals surface area contributed by atoms with Crippen LogP contribution >= 0.6 is 0 Å². The van der Waals surface area contributed by atoms with Crippen LogP contribution < -0.4 is 19.6 Å². The molecule has 0 aliphatic heterocycles. The molecule has 2 aromatic heterocycles. The third kappa shape index (κ3) is 3.70. The molecule has 0 spiro atoms. The van der Waals surface area contributed by atoms with Crippen LogP contribution in [0.15, 0.2) is 86.6 Å². The van der Waals surface area contributed by atoms with Crippen molar-refractivity contribution in [2.24, 2.45) is 0 Å². The Morgan fingerprint density at radius 2 is 1.67 bits per heavy atom. The summed E-state index contributed by atoms with van der Waals surface area (Å²) in [5, 5.41) is 1.16. The van der Waals surface area contributed by atoms with Crippen LogP contribution in [0.1, 0.15) is 10.6 Å². The van der Waals surface area contributed by atoms with Crippen molar-refractivity contribution in [3.63, 3.8) is 0 Å². The zero-order chi connectivity index (χ0) is 22.9. The van der Waals surface area contributed by atoms with Crippen LogP contribution in [0.25, 0.3) is 33.1 Å². The Balaban J connectivity index is 1.45. The zero-order valence-corrected chi connectivity index (χ0v) is 17.8. The number of benzene rings is 3. The maximum atomic E-state index is 13.1. The summed E-state index contributed by atoms with van der Waals surface area (Å²) in [6.07, 6.45) is 1.37. The topological polar surface area (TPSA) is 88.1 Å². The first kappa shape index (κ1) is 20.4. The second-order valence-electron chi connectivity index (χ2n) is 7.24. The molecule has 7 heteroatoms. The highest BCUT2D eigenvalue weighted by atomic mass is 16.5. The van der Waals surface area contributed by atoms with E-state index in [0.717, 1.165) is 5.39 Å². The van der Waals surface area contributed by atoms with Crippen LogP contribution in [0, 0.1) is 0 Å². The molecule has 0 saturated heterocycles. The Morgan fingerprint density at radius 1 is 0.848 bits per heavy atom. The van der Waals surface area contributed by atoms with E-state index >= 15 is 0 Å². The first-order valence-electron chi connectivity index (χ1n) is 10.1. The molecule has 0 amide bonds. The van der Waals surface area contributed by atoms with Gasteiger partial charge in [-0.3, -0.25) is 4.79 Å². The maximum absolute atomic E-state index is 13.1. The molecule has 0 radical (unpaired) electrons. The van der Waals surface area contributed by atoms with E-state index in [4.69, 9.17) is 23.0 Å². The summed E-state index contributed by atoms with van der Waals surface area (Å²) in [6, 6.07) is 18.7. The Kier molecular flexibility index (Phi) is 5.06. The lowest BCUT2D eigenvalue weighted by Gasteiger charge is -2.10. The van der Waals surface area contributed by atoms with Crippen LogP contribution in [0.3, 0.4) is 0 Å². The molecule has 0 atom stereocenters. The normalized spacial score (nSPS) is 11.0. The zero-order valence-electron chi connectivity index (χ0n) is 17.8. The van der Waals surface area contributed by atoms with Gasteiger partial charge in [0.1, 0.15) is 23.2 Å². The minimum absolute atomic E-state index is 0.0848. The third-order valence-corrected chi connectivity index (χ3v) is 5.28. The largest absolute Gasteiger partial charge is 0.493 e. The van der Waals surface area contributed by atoms with Crippen molar-refractivity contribution in [1.82, 2.24) is 0 Å². The smallest absolute Gasteiger partial charge is 0.379 e. The molecule has 0 bridgehead atoms. The molecule has 0 saturated carbocycles. The van der Waals surface area contributed by atoms with Gasteiger partial charge < -0.3 is 23.0 Å². The van der Waals surface area contributed by atoms with Crippen molar-refractivity contribution in [2.45, 2.75) is 0 Å². The van der Waals surface area contributed by atoms with Crippen molar-refractivity contribution >= 4 is 27.9 Å². The van der Waals surface area contributed by atoms with Gasteiger partial charge in [-0.2, -0.15) is 0 Å². The van der Waals surface area contributed by atoms with Crippen molar-refractivity contribution in [3.8, 4) is 28.4 Å². The molecule has 3 aromatic carbocycles. The van der Waals surface area contributed by atoms with E-state index in [1.54, 1.807) is 43.5 Å². The fourth-order valence-corrected chi connectivity index (χ4v) is 3.61. The summed E-state index contributed by atoms with van der Waals surface area (Å²) in [6.45, 7) is 0. The molecule has 164 valence electrons. The predicted molar refractivity (Wildman–Crippen MR) is 122 cm³/mol. The van der Waals surface area contributed by atoms with Gasteiger partial charge in [-0.25, -0.2) is 4.79 Å². The van der Waals surface area contributed by atoms with Crippen molar-refractivity contribution < 1.29 is 27.8 Å². The van der Waals surface area contributed by atoms with Gasteiger partial charge in [-0.05, 0) is 42.0 Å². The van der Waals surface area contributed by atoms with Crippen LogP contribution in [-0.4, -0.2) is 20.2 Å². The lowest BCUT2D eigenvalue weighted by molar-refractivity contribution is 0.0704. The van der Waals surface area contributed by atoms with Gasteiger partial charge in [-0.15, -0.1) is 0 Å². The van der Waals surface area contributed by atoms with E-state index in [1.807, 2.05) is 18.2 Å². The predicted octanol–water partition coefficient (Wildman–Crippen LogP) is 5.44. The molecular weight excluding hydrogens is 424 g/mol. The van der Waals surface area contributed by atoms with Crippen LogP contribution in [0.5, 0.6) is 17.2 Å². The van der Waals surface area contributed by atoms with Gasteiger partial charge in [0, 0.05) is 11.5 Å². The summed E-state index contributed by atoms with van der Waals surface area (Å²) in [5.74, 6) is 0.732. The number of carbonyl (C=O) groups is 1. The van der Waals surface area contributed by atoms with Crippen LogP contribution in [-0.2, 0) is 0 Å². The van der Waals surface area contributed by atoms with Gasteiger partial charge >= 0.3 is 5.97 Å². The minimum Gasteiger partial charge on any atom is -0.493 e. The Morgan fingerprint density at radius 3 is 2.45 bits per heavy atom. The molecule has 0 aliphatic rings. The number of hydrogen-bond donors (Lipinski definition) is 0. The number of carbonyl (C=O) groups excluding carboxylic acids is 1.